The maximum Gasteiger partial charge on any atom is 0.308 e. The predicted molar refractivity (Wildman–Crippen MR) is 80.6 cm³/mol. The number of methoxy groups -OCH3 is 1. The van der Waals surface area contributed by atoms with Gasteiger partial charge in [-0.15, -0.1) is 0 Å². The number of nitro groups is 1. The van der Waals surface area contributed by atoms with Crippen molar-refractivity contribution in [3.8, 4) is 5.75 Å². The highest BCUT2D eigenvalue weighted by Crippen LogP contribution is 2.30. The van der Waals surface area contributed by atoms with Gasteiger partial charge in [0.25, 0.3) is 11.6 Å². The Balaban J connectivity index is 2.33. The van der Waals surface area contributed by atoms with E-state index in [-0.39, 0.29) is 23.5 Å². The third-order valence-electron chi connectivity index (χ3n) is 4.05. The van der Waals surface area contributed by atoms with Gasteiger partial charge in [-0.05, 0) is 25.8 Å². The van der Waals surface area contributed by atoms with Crippen LogP contribution in [0.2, 0.25) is 0 Å². The Morgan fingerprint density at radius 3 is 2.70 bits per heavy atom. The van der Waals surface area contributed by atoms with E-state index in [0.29, 0.717) is 24.9 Å². The molecule has 1 aliphatic heterocycles. The van der Waals surface area contributed by atoms with Gasteiger partial charge in [0.05, 0.1) is 29.1 Å². The molecule has 8 nitrogen and oxygen atoms in total. The molecule has 1 saturated heterocycles. The molecule has 0 radical (unpaired) electrons. The number of piperidine rings is 1. The Kier molecular flexibility index (Phi) is 4.83. The van der Waals surface area contributed by atoms with Gasteiger partial charge < -0.3 is 14.7 Å². The fourth-order valence-electron chi connectivity index (χ4n) is 2.74. The number of rotatable bonds is 4. The van der Waals surface area contributed by atoms with Crippen LogP contribution in [0.15, 0.2) is 12.1 Å². The average molecular weight is 322 g/mol. The number of nitro benzene ring substituents is 1. The zero-order valence-electron chi connectivity index (χ0n) is 12.9. The quantitative estimate of drug-likeness (QED) is 0.669. The van der Waals surface area contributed by atoms with E-state index in [4.69, 9.17) is 9.84 Å². The van der Waals surface area contributed by atoms with Crippen molar-refractivity contribution in [2.24, 2.45) is 5.92 Å². The Labute approximate surface area is 132 Å². The highest BCUT2D eigenvalue weighted by molar-refractivity contribution is 5.96. The molecule has 0 aromatic heterocycles. The Hall–Kier alpha value is -2.64. The number of hydrogen-bond acceptors (Lipinski definition) is 5. The molecule has 1 aliphatic rings. The first-order chi connectivity index (χ1) is 10.8. The van der Waals surface area contributed by atoms with Crippen LogP contribution in [-0.2, 0) is 4.79 Å². The first-order valence-electron chi connectivity index (χ1n) is 7.20. The first kappa shape index (κ1) is 16.7. The van der Waals surface area contributed by atoms with Gasteiger partial charge in [-0.1, -0.05) is 0 Å². The summed E-state index contributed by atoms with van der Waals surface area (Å²) in [5.41, 5.74) is 0.279. The van der Waals surface area contributed by atoms with Crippen molar-refractivity contribution in [2.75, 3.05) is 20.2 Å². The monoisotopic (exact) mass is 322 g/mol. The largest absolute Gasteiger partial charge is 0.496 e. The minimum absolute atomic E-state index is 0.109. The maximum atomic E-state index is 12.6. The molecule has 1 aromatic rings. The molecule has 0 unspecified atom stereocenters. The summed E-state index contributed by atoms with van der Waals surface area (Å²) in [6, 6.07) is 2.67. The number of likely N-dealkylation sites (tertiary alicyclic amines) is 1. The van der Waals surface area contributed by atoms with E-state index in [1.807, 2.05) is 0 Å². The average Bonchev–Trinajstić information content (AvgIpc) is 2.54. The van der Waals surface area contributed by atoms with Crippen LogP contribution in [0.1, 0.15) is 28.8 Å². The number of carbonyl (C=O) groups excluding carboxylic acids is 1. The summed E-state index contributed by atoms with van der Waals surface area (Å²) in [6.07, 6.45) is 1.12. The molecule has 8 heteroatoms. The van der Waals surface area contributed by atoms with E-state index in [2.05, 4.69) is 0 Å². The van der Waals surface area contributed by atoms with Gasteiger partial charge in [-0.25, -0.2) is 0 Å². The van der Waals surface area contributed by atoms with Crippen LogP contribution in [-0.4, -0.2) is 47.0 Å². The molecule has 1 heterocycles. The predicted octanol–water partition coefficient (Wildman–Crippen LogP) is 1.85. The molecule has 0 bridgehead atoms. The Bertz CT molecular complexity index is 658. The van der Waals surface area contributed by atoms with Crippen molar-refractivity contribution in [1.29, 1.82) is 0 Å². The van der Waals surface area contributed by atoms with Crippen molar-refractivity contribution in [2.45, 2.75) is 19.8 Å². The Morgan fingerprint density at radius 1 is 1.43 bits per heavy atom. The summed E-state index contributed by atoms with van der Waals surface area (Å²) in [5, 5.41) is 20.2. The van der Waals surface area contributed by atoms with E-state index in [9.17, 15) is 19.7 Å². The van der Waals surface area contributed by atoms with Crippen LogP contribution in [0.3, 0.4) is 0 Å². The minimum Gasteiger partial charge on any atom is -0.496 e. The fraction of sp³-hybridized carbons (Fsp3) is 0.467. The van der Waals surface area contributed by atoms with Crippen LogP contribution in [0.5, 0.6) is 5.75 Å². The van der Waals surface area contributed by atoms with Crippen molar-refractivity contribution < 1.29 is 24.4 Å². The second-order valence-corrected chi connectivity index (χ2v) is 5.51. The van der Waals surface area contributed by atoms with Gasteiger partial charge in [0, 0.05) is 19.2 Å². The van der Waals surface area contributed by atoms with Crippen LogP contribution < -0.4 is 4.74 Å². The lowest BCUT2D eigenvalue weighted by Gasteiger charge is -2.30. The third-order valence-corrected chi connectivity index (χ3v) is 4.05. The summed E-state index contributed by atoms with van der Waals surface area (Å²) in [4.78, 5) is 35.7. The molecule has 1 N–H and O–H groups in total. The van der Waals surface area contributed by atoms with E-state index in [1.54, 1.807) is 6.92 Å². The van der Waals surface area contributed by atoms with E-state index in [0.717, 1.165) is 0 Å². The number of carboxylic acids is 1. The zero-order chi connectivity index (χ0) is 17.1. The number of amides is 1. The van der Waals surface area contributed by atoms with Gasteiger partial charge in [-0.3, -0.25) is 19.7 Å². The van der Waals surface area contributed by atoms with Gasteiger partial charge in [0.2, 0.25) is 0 Å². The first-order valence-corrected chi connectivity index (χ1v) is 7.20. The number of nitrogens with zero attached hydrogens (tertiary/aromatic N) is 2. The maximum absolute atomic E-state index is 12.6. The van der Waals surface area contributed by atoms with Gasteiger partial charge >= 0.3 is 5.97 Å². The lowest BCUT2D eigenvalue weighted by molar-refractivity contribution is -0.385. The molecule has 1 fully saturated rings. The number of carboxylic acid groups (broad SMARTS) is 1. The number of carbonyl (C=O) groups is 2. The molecule has 124 valence electrons. The normalized spacial score (nSPS) is 17.7. The van der Waals surface area contributed by atoms with Crippen molar-refractivity contribution >= 4 is 17.6 Å². The topological polar surface area (TPSA) is 110 Å². The zero-order valence-corrected chi connectivity index (χ0v) is 12.9. The molecule has 1 atom stereocenters. The van der Waals surface area contributed by atoms with Gasteiger partial charge in [-0.2, -0.15) is 0 Å². The lowest BCUT2D eigenvalue weighted by Crippen LogP contribution is -2.42. The molecule has 23 heavy (non-hydrogen) atoms. The van der Waals surface area contributed by atoms with E-state index < -0.39 is 22.7 Å². The summed E-state index contributed by atoms with van der Waals surface area (Å²) < 4.78 is 5.10. The Morgan fingerprint density at radius 2 is 2.13 bits per heavy atom. The van der Waals surface area contributed by atoms with Crippen LogP contribution in [0.4, 0.5) is 5.69 Å². The molecule has 0 saturated carbocycles. The van der Waals surface area contributed by atoms with Crippen molar-refractivity contribution in [3.05, 3.63) is 33.4 Å². The van der Waals surface area contributed by atoms with E-state index in [1.165, 1.54) is 24.1 Å². The third kappa shape index (κ3) is 3.41. The lowest BCUT2D eigenvalue weighted by atomic mass is 9.97. The molecular formula is C15H18N2O6. The minimum atomic E-state index is -0.935. The number of hydrogen-bond donors (Lipinski definition) is 1. The second-order valence-electron chi connectivity index (χ2n) is 5.51. The molecule has 0 aliphatic carbocycles. The molecular weight excluding hydrogens is 304 g/mol. The number of aliphatic carboxylic acids is 1. The number of benzene rings is 1. The second kappa shape index (κ2) is 6.64. The van der Waals surface area contributed by atoms with Crippen LogP contribution >= 0.6 is 0 Å². The summed E-state index contributed by atoms with van der Waals surface area (Å²) in [6.45, 7) is 2.09. The molecule has 1 aromatic carbocycles. The molecule has 0 spiro atoms. The SMILES string of the molecule is COc1cc(C(=O)N2CCC[C@H](C(=O)O)C2)cc([N+](=O)[O-])c1C. The highest BCUT2D eigenvalue weighted by atomic mass is 16.6. The smallest absolute Gasteiger partial charge is 0.308 e. The van der Waals surface area contributed by atoms with Gasteiger partial charge in [0.15, 0.2) is 0 Å². The molecule has 2 rings (SSSR count). The number of ether oxygens (including phenoxy) is 1. The van der Waals surface area contributed by atoms with Gasteiger partial charge in [0.1, 0.15) is 5.75 Å². The summed E-state index contributed by atoms with van der Waals surface area (Å²) in [5.74, 6) is -1.70. The van der Waals surface area contributed by atoms with Crippen molar-refractivity contribution in [1.82, 2.24) is 4.90 Å². The van der Waals surface area contributed by atoms with Crippen molar-refractivity contribution in [3.63, 3.8) is 0 Å². The van der Waals surface area contributed by atoms with E-state index >= 15 is 0 Å². The highest BCUT2D eigenvalue weighted by Gasteiger charge is 2.30. The molecule has 1 amide bonds. The summed E-state index contributed by atoms with van der Waals surface area (Å²) in [7, 11) is 1.38. The van der Waals surface area contributed by atoms with Crippen LogP contribution in [0, 0.1) is 23.0 Å². The standard InChI is InChI=1S/C15H18N2O6/c1-9-12(17(21)22)6-11(7-13(9)23-2)14(18)16-5-3-4-10(8-16)15(19)20/h6-7,10H,3-5,8H2,1-2H3,(H,19,20)/t10-/m0/s1. The fourth-order valence-corrected chi connectivity index (χ4v) is 2.74. The van der Waals surface area contributed by atoms with Crippen LogP contribution in [0.25, 0.3) is 0 Å². The summed E-state index contributed by atoms with van der Waals surface area (Å²) >= 11 is 0.